The van der Waals surface area contributed by atoms with Crippen molar-refractivity contribution in [2.24, 2.45) is 0 Å². The van der Waals surface area contributed by atoms with Crippen LogP contribution in [0.15, 0.2) is 12.1 Å². The van der Waals surface area contributed by atoms with E-state index in [2.05, 4.69) is 10.6 Å². The van der Waals surface area contributed by atoms with Crippen LogP contribution in [0.4, 0.5) is 14.9 Å². The summed E-state index contributed by atoms with van der Waals surface area (Å²) in [6, 6.07) is 0.171. The molecule has 9 heteroatoms. The van der Waals surface area contributed by atoms with Crippen LogP contribution in [0, 0.1) is 5.82 Å². The van der Waals surface area contributed by atoms with Crippen molar-refractivity contribution < 1.29 is 24.2 Å². The fraction of sp³-hybridized carbons (Fsp3) is 0.273. The Hall–Kier alpha value is -1.57. The molecule has 0 aliphatic rings. The largest absolute Gasteiger partial charge is 0.480 e. The quantitative estimate of drug-likeness (QED) is 0.623. The Balaban J connectivity index is 2.73. The van der Waals surface area contributed by atoms with Crippen molar-refractivity contribution >= 4 is 40.9 Å². The van der Waals surface area contributed by atoms with Gasteiger partial charge in [-0.25, -0.2) is 14.0 Å². The molecule has 0 heterocycles. The van der Waals surface area contributed by atoms with Gasteiger partial charge < -0.3 is 20.8 Å². The van der Waals surface area contributed by atoms with Crippen molar-refractivity contribution in [3.63, 3.8) is 0 Å². The lowest BCUT2D eigenvalue weighted by molar-refractivity contribution is -0.139. The fourth-order valence-corrected chi connectivity index (χ4v) is 1.83. The van der Waals surface area contributed by atoms with Crippen molar-refractivity contribution in [3.8, 4) is 0 Å². The molecule has 0 bridgehead atoms. The SMILES string of the molecule is O=C(Nc1cc(Cl)c(F)c(Cl)c1)N[C@@H](CCO)C(=O)O. The van der Waals surface area contributed by atoms with Gasteiger partial charge in [-0.1, -0.05) is 23.2 Å². The first kappa shape index (κ1) is 16.5. The number of urea groups is 1. The number of hydrogen-bond acceptors (Lipinski definition) is 3. The van der Waals surface area contributed by atoms with Crippen LogP contribution in [0.2, 0.25) is 10.0 Å². The lowest BCUT2D eigenvalue weighted by Crippen LogP contribution is -2.43. The van der Waals surface area contributed by atoms with E-state index in [-0.39, 0.29) is 22.2 Å². The number of anilines is 1. The second-order valence-electron chi connectivity index (χ2n) is 3.76. The molecule has 0 saturated carbocycles. The van der Waals surface area contributed by atoms with Gasteiger partial charge in [0.05, 0.1) is 10.0 Å². The van der Waals surface area contributed by atoms with E-state index in [1.807, 2.05) is 0 Å². The van der Waals surface area contributed by atoms with Gasteiger partial charge in [0.25, 0.3) is 0 Å². The van der Waals surface area contributed by atoms with Crippen LogP contribution >= 0.6 is 23.2 Å². The maximum absolute atomic E-state index is 13.2. The van der Waals surface area contributed by atoms with E-state index in [0.717, 1.165) is 12.1 Å². The van der Waals surface area contributed by atoms with Gasteiger partial charge in [0, 0.05) is 18.7 Å². The van der Waals surface area contributed by atoms with Crippen LogP contribution in [0.1, 0.15) is 6.42 Å². The number of amides is 2. The summed E-state index contributed by atoms with van der Waals surface area (Å²) in [5.41, 5.74) is 0.104. The predicted octanol–water partition coefficient (Wildman–Crippen LogP) is 2.09. The minimum Gasteiger partial charge on any atom is -0.480 e. The second kappa shape index (κ2) is 7.28. The zero-order valence-corrected chi connectivity index (χ0v) is 11.5. The Morgan fingerprint density at radius 1 is 1.30 bits per heavy atom. The van der Waals surface area contributed by atoms with Crippen LogP contribution in [-0.4, -0.2) is 34.9 Å². The molecule has 0 aliphatic heterocycles. The van der Waals surface area contributed by atoms with E-state index in [0.29, 0.717) is 0 Å². The highest BCUT2D eigenvalue weighted by molar-refractivity contribution is 6.35. The monoisotopic (exact) mass is 324 g/mol. The molecule has 20 heavy (non-hydrogen) atoms. The number of carboxylic acid groups (broad SMARTS) is 1. The fourth-order valence-electron chi connectivity index (χ4n) is 1.34. The molecule has 0 aliphatic carbocycles. The Labute approximate surface area is 123 Å². The zero-order chi connectivity index (χ0) is 15.3. The Morgan fingerprint density at radius 2 is 1.85 bits per heavy atom. The van der Waals surface area contributed by atoms with E-state index < -0.39 is 30.5 Å². The highest BCUT2D eigenvalue weighted by Gasteiger charge is 2.19. The number of aliphatic hydroxyl groups excluding tert-OH is 1. The lowest BCUT2D eigenvalue weighted by atomic mass is 10.2. The van der Waals surface area contributed by atoms with Gasteiger partial charge in [0.15, 0.2) is 5.82 Å². The smallest absolute Gasteiger partial charge is 0.326 e. The first-order valence-corrected chi connectivity index (χ1v) is 6.16. The van der Waals surface area contributed by atoms with Crippen molar-refractivity contribution in [3.05, 3.63) is 28.0 Å². The summed E-state index contributed by atoms with van der Waals surface area (Å²) in [6.45, 7) is -0.397. The van der Waals surface area contributed by atoms with E-state index in [4.69, 9.17) is 33.4 Å². The summed E-state index contributed by atoms with van der Waals surface area (Å²) >= 11 is 11.1. The average Bonchev–Trinajstić information content (AvgIpc) is 2.35. The van der Waals surface area contributed by atoms with E-state index >= 15 is 0 Å². The summed E-state index contributed by atoms with van der Waals surface area (Å²) < 4.78 is 13.2. The van der Waals surface area contributed by atoms with Gasteiger partial charge in [-0.05, 0) is 12.1 Å². The van der Waals surface area contributed by atoms with Crippen LogP contribution in [-0.2, 0) is 4.79 Å². The number of nitrogens with one attached hydrogen (secondary N) is 2. The molecule has 1 atom stereocenters. The molecule has 6 nitrogen and oxygen atoms in total. The van der Waals surface area contributed by atoms with Crippen LogP contribution in [0.3, 0.4) is 0 Å². The molecule has 0 unspecified atom stereocenters. The average molecular weight is 325 g/mol. The number of hydrogen-bond donors (Lipinski definition) is 4. The molecule has 110 valence electrons. The zero-order valence-electron chi connectivity index (χ0n) is 9.99. The Morgan fingerprint density at radius 3 is 2.30 bits per heavy atom. The summed E-state index contributed by atoms with van der Waals surface area (Å²) in [5.74, 6) is -2.10. The summed E-state index contributed by atoms with van der Waals surface area (Å²) in [7, 11) is 0. The highest BCUT2D eigenvalue weighted by atomic mass is 35.5. The maximum atomic E-state index is 13.2. The molecule has 1 aromatic rings. The van der Waals surface area contributed by atoms with Crippen molar-refractivity contribution in [2.45, 2.75) is 12.5 Å². The van der Waals surface area contributed by atoms with E-state index in [1.54, 1.807) is 0 Å². The van der Waals surface area contributed by atoms with Crippen LogP contribution in [0.25, 0.3) is 0 Å². The number of aliphatic hydroxyl groups is 1. The van der Waals surface area contributed by atoms with E-state index in [9.17, 15) is 14.0 Å². The number of carbonyl (C=O) groups is 2. The molecule has 0 aromatic heterocycles. The van der Waals surface area contributed by atoms with Gasteiger partial charge in [0.1, 0.15) is 6.04 Å². The van der Waals surface area contributed by atoms with Gasteiger partial charge in [-0.3, -0.25) is 0 Å². The van der Waals surface area contributed by atoms with Crippen molar-refractivity contribution in [2.75, 3.05) is 11.9 Å². The minimum atomic E-state index is -1.29. The van der Waals surface area contributed by atoms with Crippen LogP contribution < -0.4 is 10.6 Å². The predicted molar refractivity (Wildman–Crippen MR) is 71.7 cm³/mol. The molecule has 4 N–H and O–H groups in total. The molecule has 0 fully saturated rings. The standard InChI is InChI=1S/C11H11Cl2FN2O4/c12-6-3-5(4-7(13)9(6)14)15-11(20)16-8(1-2-17)10(18)19/h3-4,8,17H,1-2H2,(H,18,19)(H2,15,16,20)/t8-/m0/s1. The molecule has 1 aromatic carbocycles. The highest BCUT2D eigenvalue weighted by Crippen LogP contribution is 2.27. The number of halogens is 3. The third kappa shape index (κ3) is 4.52. The molecule has 2 amide bonds. The molecule has 0 spiro atoms. The van der Waals surface area contributed by atoms with Crippen LogP contribution in [0.5, 0.6) is 0 Å². The summed E-state index contributed by atoms with van der Waals surface area (Å²) in [6.07, 6.45) is -0.145. The Bertz CT molecular complexity index is 504. The molecular weight excluding hydrogens is 314 g/mol. The molecule has 1 rings (SSSR count). The normalized spacial score (nSPS) is 11.8. The van der Waals surface area contributed by atoms with E-state index in [1.165, 1.54) is 0 Å². The second-order valence-corrected chi connectivity index (χ2v) is 4.57. The molecular formula is C11H11Cl2FN2O4. The van der Waals surface area contributed by atoms with Gasteiger partial charge in [-0.15, -0.1) is 0 Å². The Kier molecular flexibility index (Phi) is 6.00. The lowest BCUT2D eigenvalue weighted by Gasteiger charge is -2.14. The summed E-state index contributed by atoms with van der Waals surface area (Å²) in [4.78, 5) is 22.3. The number of carbonyl (C=O) groups excluding carboxylic acids is 1. The number of aliphatic carboxylic acids is 1. The van der Waals surface area contributed by atoms with Crippen molar-refractivity contribution in [1.29, 1.82) is 0 Å². The molecule has 0 radical (unpaired) electrons. The minimum absolute atomic E-state index is 0.104. The number of rotatable bonds is 5. The van der Waals surface area contributed by atoms with Gasteiger partial charge in [0.2, 0.25) is 0 Å². The number of benzene rings is 1. The summed E-state index contributed by atoms with van der Waals surface area (Å²) in [5, 5.41) is 21.3. The third-order valence-corrected chi connectivity index (χ3v) is 2.81. The molecule has 0 saturated heterocycles. The first-order valence-electron chi connectivity index (χ1n) is 5.41. The van der Waals surface area contributed by atoms with Gasteiger partial charge in [-0.2, -0.15) is 0 Å². The van der Waals surface area contributed by atoms with Gasteiger partial charge >= 0.3 is 12.0 Å². The topological polar surface area (TPSA) is 98.7 Å². The van der Waals surface area contributed by atoms with Crippen molar-refractivity contribution in [1.82, 2.24) is 5.32 Å². The maximum Gasteiger partial charge on any atom is 0.326 e. The number of carboxylic acids is 1. The third-order valence-electron chi connectivity index (χ3n) is 2.26. The first-order chi connectivity index (χ1) is 9.35.